The molecule has 0 aliphatic carbocycles. The Bertz CT molecular complexity index is 326. The van der Waals surface area contributed by atoms with Crippen molar-refractivity contribution in [2.45, 2.75) is 52.2 Å². The lowest BCUT2D eigenvalue weighted by molar-refractivity contribution is -0.0125. The lowest BCUT2D eigenvalue weighted by atomic mass is 9.74. The van der Waals surface area contributed by atoms with Crippen LogP contribution >= 0.6 is 0 Å². The van der Waals surface area contributed by atoms with E-state index in [4.69, 9.17) is 9.47 Å². The van der Waals surface area contributed by atoms with Crippen LogP contribution in [0.25, 0.3) is 0 Å². The highest BCUT2D eigenvalue weighted by Crippen LogP contribution is 2.50. The van der Waals surface area contributed by atoms with Gasteiger partial charge in [-0.15, -0.1) is 0 Å². The summed E-state index contributed by atoms with van der Waals surface area (Å²) < 4.78 is 11.0. The van der Waals surface area contributed by atoms with E-state index < -0.39 is 5.60 Å². The molecule has 2 heterocycles. The standard InChI is InChI=1S/C13H23NO3/c1-11(2,3)17-10(15)14-7-6-13(9-16-13)12(4,5)8-14/h6-9H2,1-5H3/t13-/m1/s1. The molecule has 0 unspecified atom stereocenters. The average Bonchev–Trinajstić information content (AvgIpc) is 2.88. The second-order valence-corrected chi connectivity index (χ2v) is 6.82. The van der Waals surface area contributed by atoms with Gasteiger partial charge in [-0.25, -0.2) is 4.79 Å². The Morgan fingerprint density at radius 3 is 2.35 bits per heavy atom. The Labute approximate surface area is 103 Å². The van der Waals surface area contributed by atoms with Gasteiger partial charge in [0, 0.05) is 18.5 Å². The first-order valence-electron chi connectivity index (χ1n) is 6.27. The Balaban J connectivity index is 1.98. The molecule has 2 aliphatic heterocycles. The van der Waals surface area contributed by atoms with Crippen molar-refractivity contribution in [3.63, 3.8) is 0 Å². The summed E-state index contributed by atoms with van der Waals surface area (Å²) in [6, 6.07) is 0. The number of amides is 1. The molecule has 2 saturated heterocycles. The van der Waals surface area contributed by atoms with E-state index in [2.05, 4.69) is 13.8 Å². The zero-order valence-electron chi connectivity index (χ0n) is 11.5. The maximum Gasteiger partial charge on any atom is 0.410 e. The normalized spacial score (nSPS) is 31.5. The van der Waals surface area contributed by atoms with E-state index in [-0.39, 0.29) is 17.1 Å². The smallest absolute Gasteiger partial charge is 0.410 e. The van der Waals surface area contributed by atoms with Gasteiger partial charge in [0.25, 0.3) is 0 Å². The fraction of sp³-hybridized carbons (Fsp3) is 0.923. The molecule has 98 valence electrons. The highest BCUT2D eigenvalue weighted by molar-refractivity contribution is 5.68. The topological polar surface area (TPSA) is 42.1 Å². The lowest BCUT2D eigenvalue weighted by Gasteiger charge is -2.42. The van der Waals surface area contributed by atoms with Crippen LogP contribution in [0.2, 0.25) is 0 Å². The SMILES string of the molecule is CC(C)(C)OC(=O)N1CC[C@@]2(CO2)C(C)(C)C1. The number of hydrogen-bond donors (Lipinski definition) is 0. The van der Waals surface area contributed by atoms with Gasteiger partial charge in [0.1, 0.15) is 11.2 Å². The third-order valence-electron chi connectivity index (χ3n) is 3.75. The third kappa shape index (κ3) is 2.41. The Kier molecular flexibility index (Phi) is 2.69. The molecular formula is C13H23NO3. The highest BCUT2D eigenvalue weighted by Gasteiger charge is 2.59. The number of epoxide rings is 1. The molecule has 2 aliphatic rings. The zero-order valence-corrected chi connectivity index (χ0v) is 11.5. The molecule has 2 fully saturated rings. The third-order valence-corrected chi connectivity index (χ3v) is 3.75. The molecule has 1 atom stereocenters. The molecule has 0 bridgehead atoms. The van der Waals surface area contributed by atoms with Crippen molar-refractivity contribution in [3.8, 4) is 0 Å². The number of carbonyl (C=O) groups is 1. The summed E-state index contributed by atoms with van der Waals surface area (Å²) in [5, 5.41) is 0. The number of nitrogens with zero attached hydrogens (tertiary/aromatic N) is 1. The van der Waals surface area contributed by atoms with Crippen LogP contribution in [0.3, 0.4) is 0 Å². The van der Waals surface area contributed by atoms with Gasteiger partial charge in [0.15, 0.2) is 0 Å². The summed E-state index contributed by atoms with van der Waals surface area (Å²) in [7, 11) is 0. The van der Waals surface area contributed by atoms with Gasteiger partial charge in [-0.2, -0.15) is 0 Å². The largest absolute Gasteiger partial charge is 0.444 e. The molecule has 4 heteroatoms. The minimum atomic E-state index is -0.424. The average molecular weight is 241 g/mol. The molecule has 0 aromatic heterocycles. The number of likely N-dealkylation sites (tertiary alicyclic amines) is 1. The fourth-order valence-electron chi connectivity index (χ4n) is 2.46. The summed E-state index contributed by atoms with van der Waals surface area (Å²) in [5.41, 5.74) is -0.389. The predicted molar refractivity (Wildman–Crippen MR) is 64.9 cm³/mol. The summed E-state index contributed by atoms with van der Waals surface area (Å²) in [4.78, 5) is 13.8. The van der Waals surface area contributed by atoms with E-state index in [9.17, 15) is 4.79 Å². The van der Waals surface area contributed by atoms with Gasteiger partial charge >= 0.3 is 6.09 Å². The summed E-state index contributed by atoms with van der Waals surface area (Å²) in [6.45, 7) is 12.3. The van der Waals surface area contributed by atoms with Crippen LogP contribution in [0, 0.1) is 5.41 Å². The maximum atomic E-state index is 12.0. The Hall–Kier alpha value is -0.770. The van der Waals surface area contributed by atoms with Gasteiger partial charge in [-0.3, -0.25) is 0 Å². The first kappa shape index (κ1) is 12.7. The van der Waals surface area contributed by atoms with Crippen LogP contribution in [-0.4, -0.2) is 41.9 Å². The molecule has 0 aromatic carbocycles. The van der Waals surface area contributed by atoms with Crippen LogP contribution in [0.1, 0.15) is 41.0 Å². The highest BCUT2D eigenvalue weighted by atomic mass is 16.6. The van der Waals surface area contributed by atoms with Crippen molar-refractivity contribution in [1.82, 2.24) is 4.90 Å². The molecule has 2 rings (SSSR count). The van der Waals surface area contributed by atoms with E-state index in [0.29, 0.717) is 6.54 Å². The van der Waals surface area contributed by atoms with Crippen molar-refractivity contribution in [2.75, 3.05) is 19.7 Å². The van der Waals surface area contributed by atoms with Crippen LogP contribution < -0.4 is 0 Å². The quantitative estimate of drug-likeness (QED) is 0.612. The van der Waals surface area contributed by atoms with Gasteiger partial charge in [-0.1, -0.05) is 13.8 Å². The first-order valence-corrected chi connectivity index (χ1v) is 6.27. The summed E-state index contributed by atoms with van der Waals surface area (Å²) >= 11 is 0. The predicted octanol–water partition coefficient (Wildman–Crippen LogP) is 2.42. The summed E-state index contributed by atoms with van der Waals surface area (Å²) in [6.07, 6.45) is 0.709. The van der Waals surface area contributed by atoms with E-state index in [0.717, 1.165) is 19.6 Å². The van der Waals surface area contributed by atoms with Crippen molar-refractivity contribution in [2.24, 2.45) is 5.41 Å². The molecule has 17 heavy (non-hydrogen) atoms. The van der Waals surface area contributed by atoms with Crippen LogP contribution in [0.5, 0.6) is 0 Å². The Morgan fingerprint density at radius 2 is 1.94 bits per heavy atom. The maximum absolute atomic E-state index is 12.0. The number of hydrogen-bond acceptors (Lipinski definition) is 3. The monoisotopic (exact) mass is 241 g/mol. The molecule has 1 amide bonds. The summed E-state index contributed by atoms with van der Waals surface area (Å²) in [5.74, 6) is 0. The molecule has 4 nitrogen and oxygen atoms in total. The fourth-order valence-corrected chi connectivity index (χ4v) is 2.46. The van der Waals surface area contributed by atoms with Crippen LogP contribution in [0.4, 0.5) is 4.79 Å². The number of rotatable bonds is 0. The second kappa shape index (κ2) is 3.61. The molecule has 1 spiro atoms. The van der Waals surface area contributed by atoms with Gasteiger partial charge < -0.3 is 14.4 Å². The molecule has 0 aromatic rings. The van der Waals surface area contributed by atoms with E-state index in [1.807, 2.05) is 20.8 Å². The van der Waals surface area contributed by atoms with Crippen molar-refractivity contribution in [1.29, 1.82) is 0 Å². The second-order valence-electron chi connectivity index (χ2n) is 6.82. The number of piperidine rings is 1. The van der Waals surface area contributed by atoms with Crippen molar-refractivity contribution in [3.05, 3.63) is 0 Å². The van der Waals surface area contributed by atoms with Gasteiger partial charge in [-0.05, 0) is 27.2 Å². The number of ether oxygens (including phenoxy) is 2. The molecule has 0 saturated carbocycles. The molecular weight excluding hydrogens is 218 g/mol. The lowest BCUT2D eigenvalue weighted by Crippen LogP contribution is -2.53. The minimum absolute atomic E-state index is 0.0160. The van der Waals surface area contributed by atoms with Crippen molar-refractivity contribution >= 4 is 6.09 Å². The zero-order chi connectivity index (χ0) is 12.9. The van der Waals surface area contributed by atoms with Gasteiger partial charge in [0.2, 0.25) is 0 Å². The molecule has 0 N–H and O–H groups in total. The Morgan fingerprint density at radius 1 is 1.35 bits per heavy atom. The van der Waals surface area contributed by atoms with Crippen molar-refractivity contribution < 1.29 is 14.3 Å². The van der Waals surface area contributed by atoms with E-state index in [1.165, 1.54) is 0 Å². The van der Waals surface area contributed by atoms with Gasteiger partial charge in [0.05, 0.1) is 6.61 Å². The number of carbonyl (C=O) groups excluding carboxylic acids is 1. The van der Waals surface area contributed by atoms with Crippen LogP contribution in [0.15, 0.2) is 0 Å². The van der Waals surface area contributed by atoms with E-state index in [1.54, 1.807) is 4.90 Å². The van der Waals surface area contributed by atoms with Crippen LogP contribution in [-0.2, 0) is 9.47 Å². The minimum Gasteiger partial charge on any atom is -0.444 e. The molecule has 0 radical (unpaired) electrons. The van der Waals surface area contributed by atoms with E-state index >= 15 is 0 Å². The first-order chi connectivity index (χ1) is 7.65.